The molecule has 1 aromatic rings. The van der Waals surface area contributed by atoms with E-state index in [9.17, 15) is 4.39 Å². The summed E-state index contributed by atoms with van der Waals surface area (Å²) in [6, 6.07) is 0. The Hall–Kier alpha value is -1.23. The van der Waals surface area contributed by atoms with Crippen LogP contribution in [0.1, 0.15) is 13.8 Å². The van der Waals surface area contributed by atoms with Crippen molar-refractivity contribution >= 4 is 5.95 Å². The molecule has 0 bridgehead atoms. The lowest BCUT2D eigenvalue weighted by Crippen LogP contribution is -2.70. The molecule has 0 saturated carbocycles. The zero-order valence-electron chi connectivity index (χ0n) is 8.94. The summed E-state index contributed by atoms with van der Waals surface area (Å²) in [6.45, 7) is 5.66. The Kier molecular flexibility index (Phi) is 2.34. The van der Waals surface area contributed by atoms with E-state index in [2.05, 4.69) is 23.8 Å². The molecule has 0 atom stereocenters. The molecule has 2 rings (SSSR count). The molecule has 1 aliphatic rings. The molecule has 2 N–H and O–H groups in total. The van der Waals surface area contributed by atoms with Gasteiger partial charge in [-0.2, -0.15) is 0 Å². The average molecular weight is 210 g/mol. The molecule has 2 heterocycles. The third-order valence-corrected chi connectivity index (χ3v) is 3.01. The van der Waals surface area contributed by atoms with Crippen LogP contribution in [-0.4, -0.2) is 28.6 Å². The fourth-order valence-electron chi connectivity index (χ4n) is 1.64. The van der Waals surface area contributed by atoms with E-state index in [-0.39, 0.29) is 5.54 Å². The van der Waals surface area contributed by atoms with Gasteiger partial charge in [0.05, 0.1) is 17.9 Å². The van der Waals surface area contributed by atoms with Crippen LogP contribution in [0.4, 0.5) is 10.3 Å². The zero-order chi connectivity index (χ0) is 11.1. The van der Waals surface area contributed by atoms with Crippen molar-refractivity contribution in [3.8, 4) is 0 Å². The molecular formula is C10H15FN4. The molecule has 0 spiro atoms. The molecule has 82 valence electrons. The minimum Gasteiger partial charge on any atom is -0.337 e. The highest BCUT2D eigenvalue weighted by molar-refractivity contribution is 5.37. The van der Waals surface area contributed by atoms with Crippen LogP contribution in [0.2, 0.25) is 0 Å². The minimum absolute atomic E-state index is 0.155. The van der Waals surface area contributed by atoms with Crippen LogP contribution in [0.5, 0.6) is 0 Å². The monoisotopic (exact) mass is 210 g/mol. The Bertz CT molecular complexity index is 343. The van der Waals surface area contributed by atoms with Crippen molar-refractivity contribution < 1.29 is 4.39 Å². The fraction of sp³-hybridized carbons (Fsp3) is 0.600. The summed E-state index contributed by atoms with van der Waals surface area (Å²) < 4.78 is 12.6. The topological polar surface area (TPSA) is 55.0 Å². The quantitative estimate of drug-likeness (QED) is 0.784. The van der Waals surface area contributed by atoms with E-state index < -0.39 is 5.82 Å². The highest BCUT2D eigenvalue weighted by atomic mass is 19.1. The van der Waals surface area contributed by atoms with Gasteiger partial charge in [-0.15, -0.1) is 0 Å². The van der Waals surface area contributed by atoms with E-state index in [4.69, 9.17) is 5.73 Å². The van der Waals surface area contributed by atoms with E-state index in [1.165, 1.54) is 12.4 Å². The van der Waals surface area contributed by atoms with Gasteiger partial charge in [-0.1, -0.05) is 13.8 Å². The number of anilines is 1. The summed E-state index contributed by atoms with van der Waals surface area (Å²) >= 11 is 0. The van der Waals surface area contributed by atoms with Crippen LogP contribution in [0.25, 0.3) is 0 Å². The van der Waals surface area contributed by atoms with Gasteiger partial charge in [-0.05, 0) is 5.92 Å². The number of nitrogens with zero attached hydrogens (tertiary/aromatic N) is 3. The van der Waals surface area contributed by atoms with Crippen molar-refractivity contribution in [1.82, 2.24) is 9.97 Å². The first-order valence-electron chi connectivity index (χ1n) is 5.03. The SMILES string of the molecule is CC(C)C1(N)CN(c2ncc(F)cn2)C1. The molecule has 4 nitrogen and oxygen atoms in total. The molecule has 0 radical (unpaired) electrons. The highest BCUT2D eigenvalue weighted by Gasteiger charge is 2.42. The Morgan fingerprint density at radius 3 is 2.40 bits per heavy atom. The molecule has 1 aliphatic heterocycles. The van der Waals surface area contributed by atoms with Gasteiger partial charge in [0.1, 0.15) is 0 Å². The van der Waals surface area contributed by atoms with Crippen molar-refractivity contribution in [1.29, 1.82) is 0 Å². The van der Waals surface area contributed by atoms with Crippen LogP contribution in [0, 0.1) is 11.7 Å². The maximum Gasteiger partial charge on any atom is 0.225 e. The first-order valence-corrected chi connectivity index (χ1v) is 5.03. The first-order chi connectivity index (χ1) is 7.01. The lowest BCUT2D eigenvalue weighted by Gasteiger charge is -2.50. The number of hydrogen-bond donors (Lipinski definition) is 1. The number of halogens is 1. The Morgan fingerprint density at radius 1 is 1.40 bits per heavy atom. The molecular weight excluding hydrogens is 195 g/mol. The van der Waals surface area contributed by atoms with E-state index in [0.717, 1.165) is 13.1 Å². The smallest absolute Gasteiger partial charge is 0.225 e. The van der Waals surface area contributed by atoms with Gasteiger partial charge in [-0.25, -0.2) is 14.4 Å². The molecule has 0 aliphatic carbocycles. The van der Waals surface area contributed by atoms with E-state index in [0.29, 0.717) is 11.9 Å². The minimum atomic E-state index is -0.415. The maximum atomic E-state index is 12.6. The van der Waals surface area contributed by atoms with Crippen LogP contribution in [-0.2, 0) is 0 Å². The van der Waals surface area contributed by atoms with Gasteiger partial charge in [0.15, 0.2) is 5.82 Å². The van der Waals surface area contributed by atoms with E-state index in [1.807, 2.05) is 4.90 Å². The lowest BCUT2D eigenvalue weighted by molar-refractivity contribution is 0.242. The van der Waals surface area contributed by atoms with Crippen LogP contribution in [0.3, 0.4) is 0 Å². The number of nitrogens with two attached hydrogens (primary N) is 1. The summed E-state index contributed by atoms with van der Waals surface area (Å²) in [6.07, 6.45) is 2.35. The predicted octanol–water partition coefficient (Wildman–Crippen LogP) is 0.789. The summed E-state index contributed by atoms with van der Waals surface area (Å²) in [5.41, 5.74) is 5.98. The molecule has 5 heteroatoms. The van der Waals surface area contributed by atoms with Crippen molar-refractivity contribution in [3.63, 3.8) is 0 Å². The van der Waals surface area contributed by atoms with Gasteiger partial charge >= 0.3 is 0 Å². The second-order valence-corrected chi connectivity index (χ2v) is 4.45. The molecule has 15 heavy (non-hydrogen) atoms. The molecule has 0 unspecified atom stereocenters. The molecule has 1 fully saturated rings. The van der Waals surface area contributed by atoms with Gasteiger partial charge < -0.3 is 10.6 Å². The van der Waals surface area contributed by atoms with Crippen molar-refractivity contribution in [2.75, 3.05) is 18.0 Å². The first kappa shape index (κ1) is 10.3. The second-order valence-electron chi connectivity index (χ2n) is 4.45. The number of aromatic nitrogens is 2. The number of rotatable bonds is 2. The van der Waals surface area contributed by atoms with Gasteiger partial charge in [-0.3, -0.25) is 0 Å². The van der Waals surface area contributed by atoms with Crippen LogP contribution >= 0.6 is 0 Å². The summed E-state index contributed by atoms with van der Waals surface area (Å²) in [5, 5.41) is 0. The third-order valence-electron chi connectivity index (χ3n) is 3.01. The highest BCUT2D eigenvalue weighted by Crippen LogP contribution is 2.28. The van der Waals surface area contributed by atoms with Crippen molar-refractivity contribution in [3.05, 3.63) is 18.2 Å². The molecule has 0 aromatic carbocycles. The Labute approximate surface area is 88.3 Å². The maximum absolute atomic E-state index is 12.6. The standard InChI is InChI=1S/C10H15FN4/c1-7(2)10(12)5-15(6-10)9-13-3-8(11)4-14-9/h3-4,7H,5-6,12H2,1-2H3. The van der Waals surface area contributed by atoms with Gasteiger partial charge in [0.2, 0.25) is 5.95 Å². The second kappa shape index (κ2) is 3.41. The Morgan fingerprint density at radius 2 is 1.93 bits per heavy atom. The van der Waals surface area contributed by atoms with E-state index >= 15 is 0 Å². The third kappa shape index (κ3) is 1.79. The van der Waals surface area contributed by atoms with Gasteiger partial charge in [0, 0.05) is 13.1 Å². The molecule has 0 amide bonds. The lowest BCUT2D eigenvalue weighted by atomic mass is 9.80. The van der Waals surface area contributed by atoms with E-state index in [1.54, 1.807) is 0 Å². The van der Waals surface area contributed by atoms with Crippen LogP contribution < -0.4 is 10.6 Å². The largest absolute Gasteiger partial charge is 0.337 e. The Balaban J connectivity index is 2.03. The molecule has 1 aromatic heterocycles. The summed E-state index contributed by atoms with van der Waals surface area (Å²) in [5.74, 6) is 0.564. The fourth-order valence-corrected chi connectivity index (χ4v) is 1.64. The average Bonchev–Trinajstić information content (AvgIpc) is 2.14. The predicted molar refractivity (Wildman–Crippen MR) is 56.0 cm³/mol. The zero-order valence-corrected chi connectivity index (χ0v) is 8.94. The molecule has 1 saturated heterocycles. The van der Waals surface area contributed by atoms with Crippen molar-refractivity contribution in [2.45, 2.75) is 19.4 Å². The summed E-state index contributed by atoms with van der Waals surface area (Å²) in [4.78, 5) is 9.78. The van der Waals surface area contributed by atoms with Crippen LogP contribution in [0.15, 0.2) is 12.4 Å². The van der Waals surface area contributed by atoms with Gasteiger partial charge in [0.25, 0.3) is 0 Å². The number of hydrogen-bond acceptors (Lipinski definition) is 4. The summed E-state index contributed by atoms with van der Waals surface area (Å²) in [7, 11) is 0. The normalized spacial score (nSPS) is 19.1. The van der Waals surface area contributed by atoms with Crippen molar-refractivity contribution in [2.24, 2.45) is 11.7 Å².